The molecule has 1 aromatic heterocycles. The highest BCUT2D eigenvalue weighted by Crippen LogP contribution is 2.07. The summed E-state index contributed by atoms with van der Waals surface area (Å²) in [6.45, 7) is 4.30. The number of hydrogen-bond donors (Lipinski definition) is 1. The maximum absolute atomic E-state index is 12.2. The van der Waals surface area contributed by atoms with Crippen LogP contribution in [0.3, 0.4) is 0 Å². The SMILES string of the molecule is CCCCN(C)C(=O)c1cc(NCCCOC)ncn1. The van der Waals surface area contributed by atoms with Gasteiger partial charge in [-0.05, 0) is 12.8 Å². The fourth-order valence-electron chi connectivity index (χ4n) is 1.70. The van der Waals surface area contributed by atoms with Gasteiger partial charge in [-0.3, -0.25) is 4.79 Å². The molecule has 6 heteroatoms. The molecule has 6 nitrogen and oxygen atoms in total. The Labute approximate surface area is 120 Å². The van der Waals surface area contributed by atoms with Crippen LogP contribution in [0.1, 0.15) is 36.7 Å². The third-order valence-electron chi connectivity index (χ3n) is 2.91. The summed E-state index contributed by atoms with van der Waals surface area (Å²) >= 11 is 0. The Hall–Kier alpha value is -1.69. The van der Waals surface area contributed by atoms with Gasteiger partial charge in [0.05, 0.1) is 0 Å². The van der Waals surface area contributed by atoms with E-state index in [0.29, 0.717) is 18.1 Å². The molecule has 0 aromatic carbocycles. The van der Waals surface area contributed by atoms with E-state index < -0.39 is 0 Å². The van der Waals surface area contributed by atoms with Crippen LogP contribution in [0.25, 0.3) is 0 Å². The average Bonchev–Trinajstić information content (AvgIpc) is 2.48. The first kappa shape index (κ1) is 16.4. The van der Waals surface area contributed by atoms with Gasteiger partial charge in [-0.25, -0.2) is 9.97 Å². The van der Waals surface area contributed by atoms with Gasteiger partial charge in [-0.2, -0.15) is 0 Å². The van der Waals surface area contributed by atoms with E-state index in [1.807, 2.05) is 0 Å². The minimum Gasteiger partial charge on any atom is -0.385 e. The molecule has 0 aliphatic carbocycles. The molecule has 1 rings (SSSR count). The first-order chi connectivity index (χ1) is 9.69. The molecule has 0 spiro atoms. The van der Waals surface area contributed by atoms with Crippen molar-refractivity contribution < 1.29 is 9.53 Å². The maximum Gasteiger partial charge on any atom is 0.272 e. The van der Waals surface area contributed by atoms with Crippen molar-refractivity contribution in [2.75, 3.05) is 39.2 Å². The number of nitrogens with zero attached hydrogens (tertiary/aromatic N) is 3. The minimum absolute atomic E-state index is 0.0687. The smallest absolute Gasteiger partial charge is 0.272 e. The van der Waals surface area contributed by atoms with Gasteiger partial charge < -0.3 is 15.0 Å². The number of amides is 1. The summed E-state index contributed by atoms with van der Waals surface area (Å²) in [6, 6.07) is 1.69. The minimum atomic E-state index is -0.0687. The van der Waals surface area contributed by atoms with E-state index in [1.54, 1.807) is 25.1 Å². The number of hydrogen-bond acceptors (Lipinski definition) is 5. The number of nitrogens with one attached hydrogen (secondary N) is 1. The van der Waals surface area contributed by atoms with Crippen LogP contribution in [0.5, 0.6) is 0 Å². The average molecular weight is 280 g/mol. The summed E-state index contributed by atoms with van der Waals surface area (Å²) in [5.74, 6) is 0.601. The molecule has 1 N–H and O–H groups in total. The van der Waals surface area contributed by atoms with E-state index in [-0.39, 0.29) is 5.91 Å². The molecular formula is C14H24N4O2. The Kier molecular flexibility index (Phi) is 7.57. The summed E-state index contributed by atoms with van der Waals surface area (Å²) in [4.78, 5) is 22.0. The Morgan fingerprint density at radius 3 is 2.90 bits per heavy atom. The first-order valence-corrected chi connectivity index (χ1v) is 6.99. The molecule has 0 aliphatic rings. The van der Waals surface area contributed by atoms with E-state index >= 15 is 0 Å². The van der Waals surface area contributed by atoms with Crippen LogP contribution < -0.4 is 5.32 Å². The van der Waals surface area contributed by atoms with Crippen LogP contribution in [-0.2, 0) is 4.74 Å². The lowest BCUT2D eigenvalue weighted by Gasteiger charge is -2.16. The van der Waals surface area contributed by atoms with E-state index in [2.05, 4.69) is 22.2 Å². The van der Waals surface area contributed by atoms with E-state index in [1.165, 1.54) is 6.33 Å². The lowest BCUT2D eigenvalue weighted by molar-refractivity contribution is 0.0787. The number of unbranched alkanes of at least 4 members (excludes halogenated alkanes) is 1. The highest BCUT2D eigenvalue weighted by Gasteiger charge is 2.13. The van der Waals surface area contributed by atoms with Gasteiger partial charge in [0.1, 0.15) is 17.8 Å². The second-order valence-electron chi connectivity index (χ2n) is 4.64. The molecule has 20 heavy (non-hydrogen) atoms. The summed E-state index contributed by atoms with van der Waals surface area (Å²) in [6.07, 6.45) is 4.36. The van der Waals surface area contributed by atoms with Gasteiger partial charge in [0.25, 0.3) is 5.91 Å². The highest BCUT2D eigenvalue weighted by molar-refractivity contribution is 5.92. The standard InChI is InChI=1S/C14H24N4O2/c1-4-5-8-18(2)14(19)12-10-13(17-11-16-12)15-7-6-9-20-3/h10-11H,4-9H2,1-3H3,(H,15,16,17). The van der Waals surface area contributed by atoms with Crippen LogP contribution >= 0.6 is 0 Å². The van der Waals surface area contributed by atoms with Crippen molar-refractivity contribution in [2.24, 2.45) is 0 Å². The van der Waals surface area contributed by atoms with Gasteiger partial charge in [0.15, 0.2) is 0 Å². The Morgan fingerprint density at radius 1 is 1.40 bits per heavy atom. The lowest BCUT2D eigenvalue weighted by Crippen LogP contribution is -2.28. The largest absolute Gasteiger partial charge is 0.385 e. The predicted octanol–water partition coefficient (Wildman–Crippen LogP) is 1.80. The molecule has 0 bridgehead atoms. The van der Waals surface area contributed by atoms with Gasteiger partial charge in [0.2, 0.25) is 0 Å². The topological polar surface area (TPSA) is 67.4 Å². The second-order valence-corrected chi connectivity index (χ2v) is 4.64. The van der Waals surface area contributed by atoms with E-state index in [9.17, 15) is 4.79 Å². The lowest BCUT2D eigenvalue weighted by atomic mass is 10.3. The molecule has 0 saturated carbocycles. The normalized spacial score (nSPS) is 10.3. The van der Waals surface area contributed by atoms with Crippen molar-refractivity contribution >= 4 is 11.7 Å². The fourth-order valence-corrected chi connectivity index (χ4v) is 1.70. The van der Waals surface area contributed by atoms with Crippen LogP contribution in [0.15, 0.2) is 12.4 Å². The number of aromatic nitrogens is 2. The number of carbonyl (C=O) groups is 1. The summed E-state index contributed by atoms with van der Waals surface area (Å²) in [5.41, 5.74) is 0.424. The van der Waals surface area contributed by atoms with Crippen LogP contribution in [0.2, 0.25) is 0 Å². The Bertz CT molecular complexity index is 412. The Morgan fingerprint density at radius 2 is 2.20 bits per heavy atom. The molecule has 1 amide bonds. The monoisotopic (exact) mass is 280 g/mol. The maximum atomic E-state index is 12.2. The summed E-state index contributed by atoms with van der Waals surface area (Å²) < 4.78 is 4.98. The molecular weight excluding hydrogens is 256 g/mol. The summed E-state index contributed by atoms with van der Waals surface area (Å²) in [7, 11) is 3.47. The third-order valence-corrected chi connectivity index (χ3v) is 2.91. The van der Waals surface area contributed by atoms with Gasteiger partial charge >= 0.3 is 0 Å². The number of rotatable bonds is 9. The predicted molar refractivity (Wildman–Crippen MR) is 78.9 cm³/mol. The zero-order valence-corrected chi connectivity index (χ0v) is 12.6. The van der Waals surface area contributed by atoms with Crippen LogP contribution in [0.4, 0.5) is 5.82 Å². The fraction of sp³-hybridized carbons (Fsp3) is 0.643. The van der Waals surface area contributed by atoms with Crippen LogP contribution in [-0.4, -0.2) is 54.6 Å². The summed E-state index contributed by atoms with van der Waals surface area (Å²) in [5, 5.41) is 3.15. The van der Waals surface area contributed by atoms with Crippen molar-refractivity contribution in [1.29, 1.82) is 0 Å². The van der Waals surface area contributed by atoms with Gasteiger partial charge in [-0.1, -0.05) is 13.3 Å². The van der Waals surface area contributed by atoms with Crippen molar-refractivity contribution in [3.8, 4) is 0 Å². The van der Waals surface area contributed by atoms with Crippen molar-refractivity contribution in [1.82, 2.24) is 14.9 Å². The first-order valence-electron chi connectivity index (χ1n) is 6.99. The van der Waals surface area contributed by atoms with Gasteiger partial charge in [-0.15, -0.1) is 0 Å². The highest BCUT2D eigenvalue weighted by atomic mass is 16.5. The van der Waals surface area contributed by atoms with Crippen LogP contribution in [0, 0.1) is 0 Å². The van der Waals surface area contributed by atoms with Gasteiger partial charge in [0, 0.05) is 39.9 Å². The number of ether oxygens (including phenoxy) is 1. The number of methoxy groups -OCH3 is 1. The third kappa shape index (κ3) is 5.52. The van der Waals surface area contributed by atoms with E-state index in [0.717, 1.165) is 32.4 Å². The second kappa shape index (κ2) is 9.25. The molecule has 0 atom stereocenters. The zero-order chi connectivity index (χ0) is 14.8. The number of anilines is 1. The molecule has 0 aliphatic heterocycles. The molecule has 0 fully saturated rings. The van der Waals surface area contributed by atoms with Crippen molar-refractivity contribution in [2.45, 2.75) is 26.2 Å². The molecule has 0 unspecified atom stereocenters. The zero-order valence-electron chi connectivity index (χ0n) is 12.6. The van der Waals surface area contributed by atoms with E-state index in [4.69, 9.17) is 4.74 Å². The molecule has 1 aromatic rings. The molecule has 1 heterocycles. The molecule has 0 radical (unpaired) electrons. The Balaban J connectivity index is 2.55. The molecule has 0 saturated heterocycles. The number of carbonyl (C=O) groups excluding carboxylic acids is 1. The van der Waals surface area contributed by atoms with Crippen molar-refractivity contribution in [3.05, 3.63) is 18.1 Å². The van der Waals surface area contributed by atoms with Crippen molar-refractivity contribution in [3.63, 3.8) is 0 Å². The molecule has 112 valence electrons. The quantitative estimate of drug-likeness (QED) is 0.699.